The third-order valence-corrected chi connectivity index (χ3v) is 6.97. The summed E-state index contributed by atoms with van der Waals surface area (Å²) in [6, 6.07) is 18.7. The van der Waals surface area contributed by atoms with Crippen LogP contribution in [0.1, 0.15) is 28.4 Å². The summed E-state index contributed by atoms with van der Waals surface area (Å²) >= 11 is 0. The first kappa shape index (κ1) is 24.5. The molecular weight excluding hydrogens is 466 g/mol. The van der Waals surface area contributed by atoms with Crippen LogP contribution in [-0.4, -0.2) is 57.8 Å². The van der Waals surface area contributed by atoms with E-state index < -0.39 is 6.04 Å². The quantitative estimate of drug-likeness (QED) is 0.418. The number of methoxy groups -OCH3 is 1. The van der Waals surface area contributed by atoms with Gasteiger partial charge in [-0.1, -0.05) is 18.2 Å². The molecule has 4 aromatic rings. The van der Waals surface area contributed by atoms with E-state index in [2.05, 4.69) is 19.8 Å². The SMILES string of the molecule is COc1ccc(Cn2c(C)cc(O)c([C@@H](c3ccncc3)N3CCN(c4ccccn4)CC3)c2=O)cc1. The summed E-state index contributed by atoms with van der Waals surface area (Å²) in [4.78, 5) is 27.2. The fourth-order valence-corrected chi connectivity index (χ4v) is 4.99. The maximum absolute atomic E-state index is 14.0. The summed E-state index contributed by atoms with van der Waals surface area (Å²) in [5, 5.41) is 11.1. The molecule has 3 aromatic heterocycles. The number of piperazine rings is 1. The Morgan fingerprint density at radius 1 is 0.973 bits per heavy atom. The maximum Gasteiger partial charge on any atom is 0.259 e. The number of rotatable bonds is 7. The predicted octanol–water partition coefficient (Wildman–Crippen LogP) is 3.62. The highest BCUT2D eigenvalue weighted by molar-refractivity contribution is 5.42. The number of pyridine rings is 3. The van der Waals surface area contributed by atoms with Gasteiger partial charge in [-0.15, -0.1) is 0 Å². The molecule has 1 atom stereocenters. The molecule has 1 aromatic carbocycles. The van der Waals surface area contributed by atoms with Gasteiger partial charge in [-0.2, -0.15) is 0 Å². The van der Waals surface area contributed by atoms with E-state index in [0.717, 1.165) is 48.9 Å². The van der Waals surface area contributed by atoms with E-state index >= 15 is 0 Å². The minimum absolute atomic E-state index is 0.0162. The van der Waals surface area contributed by atoms with Gasteiger partial charge in [0, 0.05) is 50.5 Å². The Kier molecular flexibility index (Phi) is 7.18. The molecule has 8 nitrogen and oxygen atoms in total. The lowest BCUT2D eigenvalue weighted by Crippen LogP contribution is -2.49. The van der Waals surface area contributed by atoms with Gasteiger partial charge in [0.2, 0.25) is 0 Å². The summed E-state index contributed by atoms with van der Waals surface area (Å²) in [5.74, 6) is 1.73. The largest absolute Gasteiger partial charge is 0.507 e. The minimum atomic E-state index is -0.399. The third-order valence-electron chi connectivity index (χ3n) is 6.97. The van der Waals surface area contributed by atoms with Crippen molar-refractivity contribution in [1.29, 1.82) is 0 Å². The number of nitrogens with zero attached hydrogens (tertiary/aromatic N) is 5. The van der Waals surface area contributed by atoms with Gasteiger partial charge in [0.05, 0.1) is 25.3 Å². The van der Waals surface area contributed by atoms with Gasteiger partial charge >= 0.3 is 0 Å². The Labute approximate surface area is 216 Å². The van der Waals surface area contributed by atoms with Crippen LogP contribution < -0.4 is 15.2 Å². The summed E-state index contributed by atoms with van der Waals surface area (Å²) in [6.45, 7) is 5.22. The van der Waals surface area contributed by atoms with Gasteiger partial charge in [-0.3, -0.25) is 14.7 Å². The first-order valence-corrected chi connectivity index (χ1v) is 12.4. The van der Waals surface area contributed by atoms with Crippen molar-refractivity contribution in [2.75, 3.05) is 38.2 Å². The van der Waals surface area contributed by atoms with Crippen molar-refractivity contribution >= 4 is 5.82 Å². The molecule has 1 aliphatic rings. The number of benzene rings is 1. The van der Waals surface area contributed by atoms with Crippen LogP contribution in [0.4, 0.5) is 5.82 Å². The molecule has 5 rings (SSSR count). The topological polar surface area (TPSA) is 83.7 Å². The van der Waals surface area contributed by atoms with Gasteiger partial charge in [-0.25, -0.2) is 4.98 Å². The monoisotopic (exact) mass is 497 g/mol. The average Bonchev–Trinajstić information content (AvgIpc) is 2.95. The van der Waals surface area contributed by atoms with E-state index in [4.69, 9.17) is 4.74 Å². The second-order valence-corrected chi connectivity index (χ2v) is 9.22. The standard InChI is InChI=1S/C29H31N5O3/c1-21-19-25(35)27(29(36)34(21)20-22-6-8-24(37-2)9-7-22)28(23-10-13-30-14-11-23)33-17-15-32(16-18-33)26-5-3-4-12-31-26/h3-14,19,28,35H,15-18,20H2,1-2H3/t28-/m1/s1. The van der Waals surface area contributed by atoms with Crippen molar-refractivity contribution in [3.8, 4) is 11.5 Å². The normalized spacial score (nSPS) is 14.9. The second kappa shape index (κ2) is 10.8. The zero-order valence-corrected chi connectivity index (χ0v) is 21.1. The summed E-state index contributed by atoms with van der Waals surface area (Å²) in [6.07, 6.45) is 5.26. The smallest absolute Gasteiger partial charge is 0.259 e. The fraction of sp³-hybridized carbons (Fsp3) is 0.276. The van der Waals surface area contributed by atoms with E-state index in [0.29, 0.717) is 17.8 Å². The Morgan fingerprint density at radius 2 is 1.70 bits per heavy atom. The van der Waals surface area contributed by atoms with Crippen LogP contribution in [0.2, 0.25) is 0 Å². The molecule has 0 aliphatic carbocycles. The highest BCUT2D eigenvalue weighted by Crippen LogP contribution is 2.33. The molecule has 1 N–H and O–H groups in total. The number of hydrogen-bond donors (Lipinski definition) is 1. The first-order chi connectivity index (χ1) is 18.0. The van der Waals surface area contributed by atoms with Gasteiger partial charge in [0.15, 0.2) is 0 Å². The van der Waals surface area contributed by atoms with E-state index in [1.807, 2.05) is 61.5 Å². The van der Waals surface area contributed by atoms with Crippen LogP contribution in [0.5, 0.6) is 11.5 Å². The van der Waals surface area contributed by atoms with Crippen LogP contribution in [-0.2, 0) is 6.54 Å². The van der Waals surface area contributed by atoms with Gasteiger partial charge < -0.3 is 19.3 Å². The van der Waals surface area contributed by atoms with Crippen LogP contribution >= 0.6 is 0 Å². The fourth-order valence-electron chi connectivity index (χ4n) is 4.99. The molecule has 0 bridgehead atoms. The van der Waals surface area contributed by atoms with Crippen LogP contribution in [0.25, 0.3) is 0 Å². The van der Waals surface area contributed by atoms with Gasteiger partial charge in [-0.05, 0) is 60.5 Å². The van der Waals surface area contributed by atoms with Crippen molar-refractivity contribution in [2.24, 2.45) is 0 Å². The van der Waals surface area contributed by atoms with Crippen LogP contribution in [0, 0.1) is 6.92 Å². The van der Waals surface area contributed by atoms with Crippen LogP contribution in [0.15, 0.2) is 84.0 Å². The maximum atomic E-state index is 14.0. The zero-order chi connectivity index (χ0) is 25.8. The number of hydrogen-bond acceptors (Lipinski definition) is 7. The minimum Gasteiger partial charge on any atom is -0.507 e. The molecule has 1 aliphatic heterocycles. The Morgan fingerprint density at radius 3 is 2.35 bits per heavy atom. The molecule has 190 valence electrons. The Bertz CT molecular complexity index is 1380. The van der Waals surface area contributed by atoms with Gasteiger partial charge in [0.1, 0.15) is 17.3 Å². The van der Waals surface area contributed by atoms with Crippen molar-refractivity contribution in [3.63, 3.8) is 0 Å². The Balaban J connectivity index is 1.50. The zero-order valence-electron chi connectivity index (χ0n) is 21.1. The van der Waals surface area contributed by atoms with E-state index in [9.17, 15) is 9.90 Å². The summed E-state index contributed by atoms with van der Waals surface area (Å²) < 4.78 is 7.00. The Hall–Kier alpha value is -4.17. The highest BCUT2D eigenvalue weighted by Gasteiger charge is 2.31. The van der Waals surface area contributed by atoms with E-state index in [1.165, 1.54) is 0 Å². The van der Waals surface area contributed by atoms with E-state index in [-0.39, 0.29) is 11.3 Å². The molecule has 0 spiro atoms. The molecule has 4 heterocycles. The lowest BCUT2D eigenvalue weighted by atomic mass is 9.96. The van der Waals surface area contributed by atoms with Crippen molar-refractivity contribution in [1.82, 2.24) is 19.4 Å². The lowest BCUT2D eigenvalue weighted by molar-refractivity contribution is 0.207. The summed E-state index contributed by atoms with van der Waals surface area (Å²) in [5.41, 5.74) is 2.80. The second-order valence-electron chi connectivity index (χ2n) is 9.22. The molecule has 0 radical (unpaired) electrons. The number of anilines is 1. The third kappa shape index (κ3) is 5.20. The molecular formula is C29H31N5O3. The first-order valence-electron chi connectivity index (χ1n) is 12.4. The van der Waals surface area contributed by atoms with E-state index in [1.54, 1.807) is 36.3 Å². The average molecular weight is 498 g/mol. The molecule has 1 saturated heterocycles. The molecule has 37 heavy (non-hydrogen) atoms. The van der Waals surface area contributed by atoms with Crippen molar-refractivity contribution < 1.29 is 9.84 Å². The number of aromatic hydroxyl groups is 1. The predicted molar refractivity (Wildman–Crippen MR) is 143 cm³/mol. The summed E-state index contributed by atoms with van der Waals surface area (Å²) in [7, 11) is 1.63. The van der Waals surface area contributed by atoms with Crippen molar-refractivity contribution in [3.05, 3.63) is 112 Å². The lowest BCUT2D eigenvalue weighted by Gasteiger charge is -2.40. The highest BCUT2D eigenvalue weighted by atomic mass is 16.5. The molecule has 0 unspecified atom stereocenters. The number of aryl methyl sites for hydroxylation is 1. The van der Waals surface area contributed by atoms with Gasteiger partial charge in [0.25, 0.3) is 5.56 Å². The number of aromatic nitrogens is 3. The molecule has 1 fully saturated rings. The number of ether oxygens (including phenoxy) is 1. The molecule has 0 amide bonds. The molecule has 0 saturated carbocycles. The van der Waals surface area contributed by atoms with Crippen LogP contribution in [0.3, 0.4) is 0 Å². The van der Waals surface area contributed by atoms with Crippen molar-refractivity contribution in [2.45, 2.75) is 19.5 Å². The molecule has 8 heteroatoms.